The fourth-order valence-electron chi connectivity index (χ4n) is 2.37. The Kier molecular flexibility index (Phi) is 4.76. The first-order valence-electron chi connectivity index (χ1n) is 7.48. The molecule has 1 aliphatic heterocycles. The van der Waals surface area contributed by atoms with Gasteiger partial charge in [0.25, 0.3) is 5.91 Å². The Morgan fingerprint density at radius 1 is 1.20 bits per heavy atom. The number of benzene rings is 2. The van der Waals surface area contributed by atoms with Crippen LogP contribution < -0.4 is 5.01 Å². The summed E-state index contributed by atoms with van der Waals surface area (Å²) in [6.45, 7) is 1.78. The van der Waals surface area contributed by atoms with Gasteiger partial charge in [0.15, 0.2) is 0 Å². The number of halogens is 1. The van der Waals surface area contributed by atoms with Gasteiger partial charge in [-0.05, 0) is 55.5 Å². The molecule has 25 heavy (non-hydrogen) atoms. The van der Waals surface area contributed by atoms with Crippen LogP contribution in [0.3, 0.4) is 0 Å². The third-order valence-corrected chi connectivity index (χ3v) is 4.27. The van der Waals surface area contributed by atoms with Crippen LogP contribution in [-0.4, -0.2) is 28.9 Å². The number of carboxylic acids is 1. The molecule has 0 radical (unpaired) electrons. The van der Waals surface area contributed by atoms with Gasteiger partial charge in [-0.2, -0.15) is 10.1 Å². The topological polar surface area (TPSA) is 82.3 Å². The number of carbonyl (C=O) groups excluding carboxylic acids is 1. The van der Waals surface area contributed by atoms with Crippen LogP contribution >= 0.6 is 15.9 Å². The van der Waals surface area contributed by atoms with Crippen molar-refractivity contribution in [1.82, 2.24) is 0 Å². The SMILES string of the molecule is CC1=NN(c2ccc(Br)cc2)C(=O)C1C=Nc1ccc(C(=O)O)cc1. The van der Waals surface area contributed by atoms with Gasteiger partial charge in [-0.15, -0.1) is 0 Å². The average Bonchev–Trinajstić information content (AvgIpc) is 2.88. The van der Waals surface area contributed by atoms with Crippen molar-refractivity contribution >= 4 is 51.1 Å². The number of carboxylic acid groups (broad SMARTS) is 1. The second-order valence-electron chi connectivity index (χ2n) is 5.48. The summed E-state index contributed by atoms with van der Waals surface area (Å²) in [5, 5.41) is 14.6. The molecule has 1 unspecified atom stereocenters. The van der Waals surface area contributed by atoms with Gasteiger partial charge in [0, 0.05) is 10.7 Å². The van der Waals surface area contributed by atoms with E-state index in [1.807, 2.05) is 24.3 Å². The lowest BCUT2D eigenvalue weighted by Crippen LogP contribution is -2.27. The molecule has 7 heteroatoms. The van der Waals surface area contributed by atoms with Crippen LogP contribution in [0.2, 0.25) is 0 Å². The molecule has 6 nitrogen and oxygen atoms in total. The van der Waals surface area contributed by atoms with Crippen LogP contribution in [0.25, 0.3) is 0 Å². The van der Waals surface area contributed by atoms with Gasteiger partial charge < -0.3 is 5.11 Å². The van der Waals surface area contributed by atoms with E-state index in [1.54, 1.807) is 19.1 Å². The Balaban J connectivity index is 1.77. The van der Waals surface area contributed by atoms with Crippen LogP contribution in [0.1, 0.15) is 17.3 Å². The van der Waals surface area contributed by atoms with Gasteiger partial charge in [-0.3, -0.25) is 9.79 Å². The van der Waals surface area contributed by atoms with Gasteiger partial charge in [0.2, 0.25) is 0 Å². The smallest absolute Gasteiger partial charge is 0.335 e. The van der Waals surface area contributed by atoms with E-state index in [-0.39, 0.29) is 11.5 Å². The van der Waals surface area contributed by atoms with Gasteiger partial charge in [0.1, 0.15) is 5.92 Å². The molecule has 3 rings (SSSR count). The highest BCUT2D eigenvalue weighted by atomic mass is 79.9. The Bertz CT molecular complexity index is 873. The molecule has 126 valence electrons. The number of rotatable bonds is 4. The first-order valence-corrected chi connectivity index (χ1v) is 8.27. The Morgan fingerprint density at radius 2 is 1.84 bits per heavy atom. The molecule has 1 heterocycles. The number of hydrogen-bond donors (Lipinski definition) is 1. The third kappa shape index (κ3) is 3.66. The number of carbonyl (C=O) groups is 2. The molecular formula is C18H14BrN3O3. The number of hydrogen-bond acceptors (Lipinski definition) is 4. The molecule has 0 aliphatic carbocycles. The van der Waals surface area contributed by atoms with Gasteiger partial charge >= 0.3 is 5.97 Å². The highest BCUT2D eigenvalue weighted by Gasteiger charge is 2.33. The van der Waals surface area contributed by atoms with Crippen LogP contribution in [0.15, 0.2) is 63.1 Å². The summed E-state index contributed by atoms with van der Waals surface area (Å²) in [4.78, 5) is 27.7. The molecule has 2 aromatic rings. The fraction of sp³-hybridized carbons (Fsp3) is 0.111. The first kappa shape index (κ1) is 17.0. The summed E-state index contributed by atoms with van der Waals surface area (Å²) in [7, 11) is 0. The maximum Gasteiger partial charge on any atom is 0.335 e. The average molecular weight is 400 g/mol. The van der Waals surface area contributed by atoms with Crippen molar-refractivity contribution in [3.05, 3.63) is 58.6 Å². The lowest BCUT2D eigenvalue weighted by molar-refractivity contribution is -0.118. The normalized spacial score (nSPS) is 17.2. The predicted octanol–water partition coefficient (Wildman–Crippen LogP) is 3.89. The molecule has 0 saturated carbocycles. The van der Waals surface area contributed by atoms with E-state index >= 15 is 0 Å². The summed E-state index contributed by atoms with van der Waals surface area (Å²) >= 11 is 3.36. The first-order chi connectivity index (χ1) is 12.0. The minimum Gasteiger partial charge on any atom is -0.478 e. The zero-order valence-corrected chi connectivity index (χ0v) is 14.8. The summed E-state index contributed by atoms with van der Waals surface area (Å²) in [6.07, 6.45) is 1.54. The molecule has 2 aromatic carbocycles. The number of nitrogens with zero attached hydrogens (tertiary/aromatic N) is 3. The fourth-order valence-corrected chi connectivity index (χ4v) is 2.63. The van der Waals surface area contributed by atoms with E-state index in [2.05, 4.69) is 26.0 Å². The quantitative estimate of drug-likeness (QED) is 0.791. The van der Waals surface area contributed by atoms with Crippen LogP contribution in [-0.2, 0) is 4.79 Å². The maximum absolute atomic E-state index is 12.6. The summed E-state index contributed by atoms with van der Waals surface area (Å²) in [5.41, 5.74) is 2.11. The van der Waals surface area contributed by atoms with Gasteiger partial charge in [0.05, 0.1) is 22.6 Å². The highest BCUT2D eigenvalue weighted by Crippen LogP contribution is 2.25. The second-order valence-corrected chi connectivity index (χ2v) is 6.39. The lowest BCUT2D eigenvalue weighted by Gasteiger charge is -2.12. The second kappa shape index (κ2) is 6.98. The lowest BCUT2D eigenvalue weighted by atomic mass is 10.1. The minimum absolute atomic E-state index is 0.175. The zero-order chi connectivity index (χ0) is 18.0. The molecule has 0 spiro atoms. The van der Waals surface area contributed by atoms with Crippen molar-refractivity contribution in [1.29, 1.82) is 0 Å². The van der Waals surface area contributed by atoms with E-state index in [1.165, 1.54) is 23.4 Å². The van der Waals surface area contributed by atoms with Crippen molar-refractivity contribution in [3.8, 4) is 0 Å². The third-order valence-electron chi connectivity index (χ3n) is 3.74. The van der Waals surface area contributed by atoms with Crippen molar-refractivity contribution in [3.63, 3.8) is 0 Å². The molecule has 1 amide bonds. The van der Waals surface area contributed by atoms with Gasteiger partial charge in [-0.25, -0.2) is 4.79 Å². The van der Waals surface area contributed by atoms with E-state index in [0.29, 0.717) is 17.1 Å². The molecule has 1 aliphatic rings. The standard InChI is InChI=1S/C18H14BrN3O3/c1-11-16(10-20-14-6-2-12(3-7-14)18(24)25)17(23)22(21-11)15-8-4-13(19)5-9-15/h2-10,16H,1H3,(H,24,25). The monoisotopic (exact) mass is 399 g/mol. The molecule has 0 bridgehead atoms. The molecule has 0 aromatic heterocycles. The molecular weight excluding hydrogens is 386 g/mol. The van der Waals surface area contributed by atoms with E-state index in [9.17, 15) is 9.59 Å². The molecule has 1 atom stereocenters. The largest absolute Gasteiger partial charge is 0.478 e. The molecule has 0 fully saturated rings. The van der Waals surface area contributed by atoms with Crippen molar-refractivity contribution in [2.24, 2.45) is 16.0 Å². The number of aromatic carboxylic acids is 1. The number of anilines is 1. The Hall–Kier alpha value is -2.80. The van der Waals surface area contributed by atoms with Crippen LogP contribution in [0, 0.1) is 5.92 Å². The Morgan fingerprint density at radius 3 is 2.44 bits per heavy atom. The van der Waals surface area contributed by atoms with Crippen LogP contribution in [0.5, 0.6) is 0 Å². The number of amides is 1. The highest BCUT2D eigenvalue weighted by molar-refractivity contribution is 9.10. The van der Waals surface area contributed by atoms with Crippen molar-refractivity contribution in [2.75, 3.05) is 5.01 Å². The minimum atomic E-state index is -0.991. The van der Waals surface area contributed by atoms with Gasteiger partial charge in [-0.1, -0.05) is 15.9 Å². The summed E-state index contributed by atoms with van der Waals surface area (Å²) in [5.74, 6) is -1.71. The van der Waals surface area contributed by atoms with E-state index < -0.39 is 11.9 Å². The van der Waals surface area contributed by atoms with Crippen LogP contribution in [0.4, 0.5) is 11.4 Å². The maximum atomic E-state index is 12.6. The number of hydrazone groups is 1. The number of aliphatic imine (C=N–C) groups is 1. The summed E-state index contributed by atoms with van der Waals surface area (Å²) < 4.78 is 0.923. The van der Waals surface area contributed by atoms with E-state index in [0.717, 1.165) is 4.47 Å². The van der Waals surface area contributed by atoms with E-state index in [4.69, 9.17) is 5.11 Å². The molecule has 0 saturated heterocycles. The molecule has 1 N–H and O–H groups in total. The summed E-state index contributed by atoms with van der Waals surface area (Å²) in [6, 6.07) is 13.4. The Labute approximate surface area is 152 Å². The van der Waals surface area contributed by atoms with Crippen molar-refractivity contribution < 1.29 is 14.7 Å². The predicted molar refractivity (Wildman–Crippen MR) is 99.8 cm³/mol. The van der Waals surface area contributed by atoms with Crippen molar-refractivity contribution in [2.45, 2.75) is 6.92 Å². The zero-order valence-electron chi connectivity index (χ0n) is 13.3.